The Hall–Kier alpha value is -2.09. The zero-order chi connectivity index (χ0) is 13.0. The molecule has 0 atom stereocenters. The maximum atomic E-state index is 11.2. The average molecular weight is 240 g/mol. The summed E-state index contributed by atoms with van der Waals surface area (Å²) in [5.74, 6) is 0.643. The van der Waals surface area contributed by atoms with Crippen molar-refractivity contribution in [3.63, 3.8) is 0 Å². The first-order valence-corrected chi connectivity index (χ1v) is 5.96. The molecule has 2 aromatic carbocycles. The second-order valence-corrected chi connectivity index (χ2v) is 4.37. The fraction of sp³-hybridized carbons (Fsp3) is 0.188. The van der Waals surface area contributed by atoms with E-state index < -0.39 is 0 Å². The molecule has 0 saturated heterocycles. The Morgan fingerprint density at radius 2 is 2.06 bits per heavy atom. The monoisotopic (exact) mass is 240 g/mol. The Labute approximate surface area is 107 Å². The molecule has 0 fully saturated rings. The minimum atomic E-state index is 0.550. The number of carbonyl (C=O) groups excluding carboxylic acids is 1. The first-order chi connectivity index (χ1) is 8.72. The van der Waals surface area contributed by atoms with Crippen LogP contribution in [0.2, 0.25) is 0 Å². The second kappa shape index (κ2) is 5.50. The fourth-order valence-corrected chi connectivity index (χ4v) is 1.86. The predicted molar refractivity (Wildman–Crippen MR) is 74.3 cm³/mol. The third-order valence-electron chi connectivity index (χ3n) is 2.83. The van der Waals surface area contributed by atoms with E-state index in [1.165, 1.54) is 0 Å². The van der Waals surface area contributed by atoms with Crippen molar-refractivity contribution in [2.75, 3.05) is 6.61 Å². The Morgan fingerprint density at radius 1 is 1.28 bits per heavy atom. The summed E-state index contributed by atoms with van der Waals surface area (Å²) in [6.45, 7) is 6.34. The molecule has 18 heavy (non-hydrogen) atoms. The molecule has 2 rings (SSSR count). The van der Waals surface area contributed by atoms with E-state index in [9.17, 15) is 4.79 Å². The van der Waals surface area contributed by atoms with Gasteiger partial charge in [-0.05, 0) is 23.8 Å². The van der Waals surface area contributed by atoms with E-state index in [1.807, 2.05) is 43.3 Å². The smallest absolute Gasteiger partial charge is 0.154 e. The SMILES string of the molecule is C=C(C)CCOc1ccc2ccccc2c1C=O. The van der Waals surface area contributed by atoms with E-state index in [0.717, 1.165) is 29.1 Å². The number of carbonyl (C=O) groups is 1. The van der Waals surface area contributed by atoms with Gasteiger partial charge in [0.05, 0.1) is 12.2 Å². The van der Waals surface area contributed by atoms with E-state index in [1.54, 1.807) is 0 Å². The van der Waals surface area contributed by atoms with Gasteiger partial charge in [-0.15, -0.1) is 6.58 Å². The van der Waals surface area contributed by atoms with Gasteiger partial charge >= 0.3 is 0 Å². The van der Waals surface area contributed by atoms with Crippen LogP contribution in [0.25, 0.3) is 10.8 Å². The zero-order valence-corrected chi connectivity index (χ0v) is 10.5. The number of aldehydes is 1. The van der Waals surface area contributed by atoms with Crippen LogP contribution in [0, 0.1) is 0 Å². The largest absolute Gasteiger partial charge is 0.492 e. The third-order valence-corrected chi connectivity index (χ3v) is 2.83. The van der Waals surface area contributed by atoms with Gasteiger partial charge in [-0.1, -0.05) is 35.9 Å². The van der Waals surface area contributed by atoms with Gasteiger partial charge in [0.1, 0.15) is 5.75 Å². The van der Waals surface area contributed by atoms with Crippen molar-refractivity contribution in [2.24, 2.45) is 0 Å². The zero-order valence-electron chi connectivity index (χ0n) is 10.5. The van der Waals surface area contributed by atoms with Crippen LogP contribution in [-0.2, 0) is 0 Å². The summed E-state index contributed by atoms with van der Waals surface area (Å²) in [5.41, 5.74) is 1.69. The molecule has 0 N–H and O–H groups in total. The summed E-state index contributed by atoms with van der Waals surface area (Å²) in [6.07, 6.45) is 1.66. The summed E-state index contributed by atoms with van der Waals surface area (Å²) < 4.78 is 5.65. The van der Waals surface area contributed by atoms with Gasteiger partial charge in [0, 0.05) is 6.42 Å². The van der Waals surface area contributed by atoms with Crippen molar-refractivity contribution in [3.05, 3.63) is 54.1 Å². The lowest BCUT2D eigenvalue weighted by Gasteiger charge is -2.10. The van der Waals surface area contributed by atoms with Crippen LogP contribution in [0.15, 0.2) is 48.6 Å². The number of ether oxygens (including phenoxy) is 1. The maximum Gasteiger partial charge on any atom is 0.154 e. The number of fused-ring (bicyclic) bond motifs is 1. The van der Waals surface area contributed by atoms with E-state index >= 15 is 0 Å². The van der Waals surface area contributed by atoms with Crippen molar-refractivity contribution in [1.29, 1.82) is 0 Å². The highest BCUT2D eigenvalue weighted by Gasteiger charge is 2.07. The van der Waals surface area contributed by atoms with Crippen LogP contribution in [-0.4, -0.2) is 12.9 Å². The molecule has 0 spiro atoms. The van der Waals surface area contributed by atoms with Crippen LogP contribution in [0.4, 0.5) is 0 Å². The van der Waals surface area contributed by atoms with Gasteiger partial charge in [0.15, 0.2) is 6.29 Å². The van der Waals surface area contributed by atoms with Crippen molar-refractivity contribution in [1.82, 2.24) is 0 Å². The molecule has 0 aromatic heterocycles. The summed E-state index contributed by atoms with van der Waals surface area (Å²) >= 11 is 0. The molecule has 2 aromatic rings. The molecule has 0 aliphatic heterocycles. The number of hydrogen-bond acceptors (Lipinski definition) is 2. The molecule has 0 saturated carbocycles. The van der Waals surface area contributed by atoms with Crippen LogP contribution in [0.3, 0.4) is 0 Å². The van der Waals surface area contributed by atoms with E-state index in [-0.39, 0.29) is 0 Å². The number of benzene rings is 2. The van der Waals surface area contributed by atoms with Crippen LogP contribution in [0.5, 0.6) is 5.75 Å². The van der Waals surface area contributed by atoms with Crippen molar-refractivity contribution in [3.8, 4) is 5.75 Å². The van der Waals surface area contributed by atoms with Crippen molar-refractivity contribution < 1.29 is 9.53 Å². The first-order valence-electron chi connectivity index (χ1n) is 5.96. The Bertz CT molecular complexity index is 585. The highest BCUT2D eigenvalue weighted by Crippen LogP contribution is 2.26. The summed E-state index contributed by atoms with van der Waals surface area (Å²) in [7, 11) is 0. The average Bonchev–Trinajstić information content (AvgIpc) is 2.38. The molecule has 0 radical (unpaired) electrons. The predicted octanol–water partition coefficient (Wildman–Crippen LogP) is 4.00. The van der Waals surface area contributed by atoms with Gasteiger partial charge in [0.25, 0.3) is 0 Å². The van der Waals surface area contributed by atoms with E-state index in [2.05, 4.69) is 6.58 Å². The molecule has 2 heteroatoms. The Balaban J connectivity index is 2.33. The molecule has 2 nitrogen and oxygen atoms in total. The van der Waals surface area contributed by atoms with Crippen LogP contribution >= 0.6 is 0 Å². The van der Waals surface area contributed by atoms with E-state index in [4.69, 9.17) is 4.74 Å². The third kappa shape index (κ3) is 2.59. The molecular formula is C16H16O2. The fourth-order valence-electron chi connectivity index (χ4n) is 1.86. The van der Waals surface area contributed by atoms with E-state index in [0.29, 0.717) is 17.9 Å². The lowest BCUT2D eigenvalue weighted by molar-refractivity contribution is 0.112. The van der Waals surface area contributed by atoms with Crippen molar-refractivity contribution in [2.45, 2.75) is 13.3 Å². The summed E-state index contributed by atoms with van der Waals surface area (Å²) in [5, 5.41) is 1.98. The topological polar surface area (TPSA) is 26.3 Å². The summed E-state index contributed by atoms with van der Waals surface area (Å²) in [6, 6.07) is 11.6. The highest BCUT2D eigenvalue weighted by atomic mass is 16.5. The standard InChI is InChI=1S/C16H16O2/c1-12(2)9-10-18-16-8-7-13-5-3-4-6-14(13)15(16)11-17/h3-8,11H,1,9-10H2,2H3. The van der Waals surface area contributed by atoms with Gasteiger partial charge < -0.3 is 4.74 Å². The van der Waals surface area contributed by atoms with Gasteiger partial charge in [0.2, 0.25) is 0 Å². The molecule has 0 bridgehead atoms. The Kier molecular flexibility index (Phi) is 3.78. The molecule has 0 aliphatic rings. The van der Waals surface area contributed by atoms with Gasteiger partial charge in [-0.25, -0.2) is 0 Å². The lowest BCUT2D eigenvalue weighted by Crippen LogP contribution is -2.00. The molecule has 92 valence electrons. The molecular weight excluding hydrogens is 224 g/mol. The van der Waals surface area contributed by atoms with Crippen molar-refractivity contribution >= 4 is 17.1 Å². The Morgan fingerprint density at radius 3 is 2.78 bits per heavy atom. The number of rotatable bonds is 5. The first kappa shape index (κ1) is 12.4. The summed E-state index contributed by atoms with van der Waals surface area (Å²) in [4.78, 5) is 11.2. The minimum Gasteiger partial charge on any atom is -0.492 e. The van der Waals surface area contributed by atoms with Gasteiger partial charge in [-0.3, -0.25) is 4.79 Å². The minimum absolute atomic E-state index is 0.550. The van der Waals surface area contributed by atoms with Gasteiger partial charge in [-0.2, -0.15) is 0 Å². The quantitative estimate of drug-likeness (QED) is 0.583. The molecule has 0 unspecified atom stereocenters. The van der Waals surface area contributed by atoms with Crippen LogP contribution < -0.4 is 4.74 Å². The molecule has 0 heterocycles. The second-order valence-electron chi connectivity index (χ2n) is 4.37. The molecule has 0 aliphatic carbocycles. The highest BCUT2D eigenvalue weighted by molar-refractivity contribution is 6.00. The normalized spacial score (nSPS) is 10.3. The van der Waals surface area contributed by atoms with Crippen LogP contribution in [0.1, 0.15) is 23.7 Å². The lowest BCUT2D eigenvalue weighted by atomic mass is 10.0. The maximum absolute atomic E-state index is 11.2. The number of hydrogen-bond donors (Lipinski definition) is 0. The molecule has 0 amide bonds.